The van der Waals surface area contributed by atoms with Crippen LogP contribution >= 0.6 is 0 Å². The molecular formula is C27H40O. The van der Waals surface area contributed by atoms with Crippen molar-refractivity contribution >= 4 is 0 Å². The van der Waals surface area contributed by atoms with E-state index in [4.69, 9.17) is 0 Å². The van der Waals surface area contributed by atoms with Crippen molar-refractivity contribution in [3.05, 3.63) is 65.2 Å². The minimum atomic E-state index is -0.214. The molecule has 0 fully saturated rings. The SMILES string of the molecule is CCCCCCCC(CCCC)c1ccccc1C(C)(C)c1ccccc1O. The highest BCUT2D eigenvalue weighted by Gasteiger charge is 2.30. The molecule has 28 heavy (non-hydrogen) atoms. The van der Waals surface area contributed by atoms with Crippen molar-refractivity contribution in [2.75, 3.05) is 0 Å². The first-order chi connectivity index (χ1) is 13.5. The monoisotopic (exact) mass is 380 g/mol. The summed E-state index contributed by atoms with van der Waals surface area (Å²) < 4.78 is 0. The first-order valence-corrected chi connectivity index (χ1v) is 11.4. The van der Waals surface area contributed by atoms with Crippen molar-refractivity contribution in [3.63, 3.8) is 0 Å². The van der Waals surface area contributed by atoms with Gasteiger partial charge in [-0.2, -0.15) is 0 Å². The average molecular weight is 381 g/mol. The van der Waals surface area contributed by atoms with E-state index in [2.05, 4.69) is 58.0 Å². The van der Waals surface area contributed by atoms with E-state index in [1.165, 1.54) is 68.9 Å². The van der Waals surface area contributed by atoms with E-state index in [9.17, 15) is 5.11 Å². The van der Waals surface area contributed by atoms with Crippen LogP contribution in [-0.2, 0) is 5.41 Å². The fourth-order valence-corrected chi connectivity index (χ4v) is 4.47. The van der Waals surface area contributed by atoms with E-state index < -0.39 is 0 Å². The van der Waals surface area contributed by atoms with Crippen LogP contribution in [-0.4, -0.2) is 5.11 Å². The maximum atomic E-state index is 10.5. The van der Waals surface area contributed by atoms with Gasteiger partial charge >= 0.3 is 0 Å². The van der Waals surface area contributed by atoms with Gasteiger partial charge in [0, 0.05) is 11.0 Å². The number of aromatic hydroxyl groups is 1. The highest BCUT2D eigenvalue weighted by Crippen LogP contribution is 2.42. The van der Waals surface area contributed by atoms with Gasteiger partial charge in [0.05, 0.1) is 0 Å². The predicted molar refractivity (Wildman–Crippen MR) is 122 cm³/mol. The van der Waals surface area contributed by atoms with E-state index >= 15 is 0 Å². The smallest absolute Gasteiger partial charge is 0.119 e. The molecule has 1 heteroatoms. The third kappa shape index (κ3) is 5.87. The van der Waals surface area contributed by atoms with Crippen LogP contribution in [0.5, 0.6) is 5.75 Å². The van der Waals surface area contributed by atoms with Crippen LogP contribution < -0.4 is 0 Å². The van der Waals surface area contributed by atoms with E-state index in [0.717, 1.165) is 5.56 Å². The van der Waals surface area contributed by atoms with Gasteiger partial charge in [-0.15, -0.1) is 0 Å². The number of phenolic OH excluding ortho intramolecular Hbond substituents is 1. The van der Waals surface area contributed by atoms with Crippen molar-refractivity contribution in [3.8, 4) is 5.75 Å². The summed E-state index contributed by atoms with van der Waals surface area (Å²) in [4.78, 5) is 0. The number of rotatable bonds is 12. The lowest BCUT2D eigenvalue weighted by atomic mass is 9.72. The summed E-state index contributed by atoms with van der Waals surface area (Å²) in [5.41, 5.74) is 3.65. The summed E-state index contributed by atoms with van der Waals surface area (Å²) in [6.07, 6.45) is 11.8. The van der Waals surface area contributed by atoms with Crippen LogP contribution in [0.4, 0.5) is 0 Å². The zero-order valence-corrected chi connectivity index (χ0v) is 18.5. The quantitative estimate of drug-likeness (QED) is 0.367. The van der Waals surface area contributed by atoms with Crippen molar-refractivity contribution in [1.29, 1.82) is 0 Å². The van der Waals surface area contributed by atoms with Gasteiger partial charge in [0.1, 0.15) is 5.75 Å². The Hall–Kier alpha value is -1.76. The summed E-state index contributed by atoms with van der Waals surface area (Å²) in [7, 11) is 0. The third-order valence-corrected chi connectivity index (χ3v) is 6.21. The molecule has 154 valence electrons. The van der Waals surface area contributed by atoms with E-state index in [-0.39, 0.29) is 5.41 Å². The van der Waals surface area contributed by atoms with Gasteiger partial charge in [0.2, 0.25) is 0 Å². The molecule has 1 unspecified atom stereocenters. The maximum Gasteiger partial charge on any atom is 0.119 e. The van der Waals surface area contributed by atoms with Gasteiger partial charge in [0.15, 0.2) is 0 Å². The van der Waals surface area contributed by atoms with Crippen LogP contribution in [0, 0.1) is 0 Å². The number of para-hydroxylation sites is 1. The molecule has 0 aromatic heterocycles. The molecule has 2 aromatic carbocycles. The molecule has 0 saturated heterocycles. The molecule has 2 rings (SSSR count). The topological polar surface area (TPSA) is 20.2 Å². The molecule has 0 aliphatic rings. The van der Waals surface area contributed by atoms with E-state index in [0.29, 0.717) is 11.7 Å². The van der Waals surface area contributed by atoms with Crippen LogP contribution in [0.3, 0.4) is 0 Å². The molecule has 0 saturated carbocycles. The highest BCUT2D eigenvalue weighted by atomic mass is 16.3. The summed E-state index contributed by atoms with van der Waals surface area (Å²) in [5, 5.41) is 10.5. The van der Waals surface area contributed by atoms with Gasteiger partial charge in [-0.05, 0) is 36.0 Å². The number of unbranched alkanes of at least 4 members (excludes halogenated alkanes) is 5. The van der Waals surface area contributed by atoms with Crippen molar-refractivity contribution in [1.82, 2.24) is 0 Å². The number of benzene rings is 2. The summed E-state index contributed by atoms with van der Waals surface area (Å²) in [6, 6.07) is 16.8. The van der Waals surface area contributed by atoms with Crippen LogP contribution in [0.15, 0.2) is 48.5 Å². The van der Waals surface area contributed by atoms with Gasteiger partial charge < -0.3 is 5.11 Å². The first-order valence-electron chi connectivity index (χ1n) is 11.4. The number of hydrogen-bond acceptors (Lipinski definition) is 1. The van der Waals surface area contributed by atoms with Crippen LogP contribution in [0.2, 0.25) is 0 Å². The summed E-state index contributed by atoms with van der Waals surface area (Å²) in [5.74, 6) is 1.01. The Bertz CT molecular complexity index is 701. The minimum Gasteiger partial charge on any atom is -0.508 e. The van der Waals surface area contributed by atoms with Crippen molar-refractivity contribution in [2.24, 2.45) is 0 Å². The molecule has 1 N–H and O–H groups in total. The fourth-order valence-electron chi connectivity index (χ4n) is 4.47. The molecule has 0 bridgehead atoms. The molecule has 0 aliphatic heterocycles. The van der Waals surface area contributed by atoms with Gasteiger partial charge in [0.25, 0.3) is 0 Å². The van der Waals surface area contributed by atoms with E-state index in [1.807, 2.05) is 18.2 Å². The standard InChI is InChI=1S/C27H40O/c1-5-7-9-10-11-17-22(16-8-6-2)23-18-12-13-19-24(23)27(3,4)25-20-14-15-21-26(25)28/h12-15,18-22,28H,5-11,16-17H2,1-4H3. The number of hydrogen-bond donors (Lipinski definition) is 1. The molecule has 0 amide bonds. The fraction of sp³-hybridized carbons (Fsp3) is 0.556. The Labute approximate surface area is 173 Å². The molecule has 1 atom stereocenters. The largest absolute Gasteiger partial charge is 0.508 e. The molecular weight excluding hydrogens is 340 g/mol. The molecule has 0 heterocycles. The zero-order chi connectivity index (χ0) is 20.4. The second kappa shape index (κ2) is 11.3. The van der Waals surface area contributed by atoms with Crippen molar-refractivity contribution < 1.29 is 5.11 Å². The Kier molecular flexibility index (Phi) is 9.09. The Morgan fingerprint density at radius 3 is 1.96 bits per heavy atom. The van der Waals surface area contributed by atoms with Crippen LogP contribution in [0.25, 0.3) is 0 Å². The van der Waals surface area contributed by atoms with E-state index in [1.54, 1.807) is 0 Å². The lowest BCUT2D eigenvalue weighted by molar-refractivity contribution is 0.449. The number of phenols is 1. The Morgan fingerprint density at radius 1 is 0.714 bits per heavy atom. The zero-order valence-electron chi connectivity index (χ0n) is 18.5. The first kappa shape index (κ1) is 22.5. The Balaban J connectivity index is 2.30. The average Bonchev–Trinajstić information content (AvgIpc) is 2.70. The maximum absolute atomic E-state index is 10.5. The normalized spacial score (nSPS) is 12.9. The third-order valence-electron chi connectivity index (χ3n) is 6.21. The van der Waals surface area contributed by atoms with Gasteiger partial charge in [-0.3, -0.25) is 0 Å². The summed E-state index contributed by atoms with van der Waals surface area (Å²) >= 11 is 0. The molecule has 0 spiro atoms. The highest BCUT2D eigenvalue weighted by molar-refractivity contribution is 5.48. The second-order valence-electron chi connectivity index (χ2n) is 8.77. The summed E-state index contributed by atoms with van der Waals surface area (Å²) in [6.45, 7) is 9.07. The minimum absolute atomic E-state index is 0.214. The predicted octanol–water partition coefficient (Wildman–Crippen LogP) is 8.35. The second-order valence-corrected chi connectivity index (χ2v) is 8.77. The van der Waals surface area contributed by atoms with Gasteiger partial charge in [-0.25, -0.2) is 0 Å². The van der Waals surface area contributed by atoms with Gasteiger partial charge in [-0.1, -0.05) is 115 Å². The lowest BCUT2D eigenvalue weighted by Crippen LogP contribution is -2.22. The Morgan fingerprint density at radius 2 is 1.29 bits per heavy atom. The molecule has 1 nitrogen and oxygen atoms in total. The molecule has 0 radical (unpaired) electrons. The lowest BCUT2D eigenvalue weighted by Gasteiger charge is -2.32. The molecule has 2 aromatic rings. The van der Waals surface area contributed by atoms with Crippen LogP contribution in [0.1, 0.15) is 108 Å². The van der Waals surface area contributed by atoms with Crippen molar-refractivity contribution in [2.45, 2.75) is 96.8 Å². The molecule has 0 aliphatic carbocycles.